The van der Waals surface area contributed by atoms with Crippen molar-refractivity contribution in [2.45, 2.75) is 69.9 Å². The van der Waals surface area contributed by atoms with Gasteiger partial charge in [-0.05, 0) is 39.2 Å². The molecule has 20 heavy (non-hydrogen) atoms. The van der Waals surface area contributed by atoms with Gasteiger partial charge in [-0.2, -0.15) is 0 Å². The molecule has 1 atom stereocenters. The number of aromatic nitrogens is 1. The molecule has 1 aromatic rings. The molecule has 0 radical (unpaired) electrons. The molecule has 3 nitrogen and oxygen atoms in total. The van der Waals surface area contributed by atoms with Crippen molar-refractivity contribution < 1.29 is 4.74 Å². The summed E-state index contributed by atoms with van der Waals surface area (Å²) in [7, 11) is 0. The van der Waals surface area contributed by atoms with Crippen LogP contribution >= 0.6 is 11.3 Å². The Balaban J connectivity index is 1.82. The summed E-state index contributed by atoms with van der Waals surface area (Å²) in [5, 5.41) is 7.03. The fourth-order valence-electron chi connectivity index (χ4n) is 3.59. The van der Waals surface area contributed by atoms with Gasteiger partial charge in [0, 0.05) is 12.0 Å². The molecule has 2 heterocycles. The maximum Gasteiger partial charge on any atom is 0.125 e. The molecule has 1 aliphatic carbocycles. The van der Waals surface area contributed by atoms with Crippen LogP contribution in [0.1, 0.15) is 75.0 Å². The van der Waals surface area contributed by atoms with Crippen molar-refractivity contribution in [1.82, 2.24) is 10.3 Å². The summed E-state index contributed by atoms with van der Waals surface area (Å²) in [6.45, 7) is 4.03. The van der Waals surface area contributed by atoms with Crippen molar-refractivity contribution in [3.8, 4) is 0 Å². The molecular formula is C16H26N2OS. The van der Waals surface area contributed by atoms with Crippen molar-refractivity contribution in [1.29, 1.82) is 0 Å². The van der Waals surface area contributed by atoms with Gasteiger partial charge in [-0.25, -0.2) is 4.98 Å². The van der Waals surface area contributed by atoms with Gasteiger partial charge in [0.15, 0.2) is 0 Å². The van der Waals surface area contributed by atoms with Crippen LogP contribution in [0.4, 0.5) is 0 Å². The van der Waals surface area contributed by atoms with Crippen LogP contribution in [0.2, 0.25) is 0 Å². The maximum atomic E-state index is 6.24. The lowest BCUT2D eigenvalue weighted by Gasteiger charge is -2.30. The average molecular weight is 294 g/mol. The van der Waals surface area contributed by atoms with E-state index in [1.54, 1.807) is 0 Å². The van der Waals surface area contributed by atoms with Gasteiger partial charge in [0.1, 0.15) is 10.6 Å². The molecule has 0 amide bonds. The number of thiazole rings is 1. The molecule has 1 saturated carbocycles. The molecule has 2 aliphatic rings. The minimum absolute atomic E-state index is 0.0905. The zero-order valence-corrected chi connectivity index (χ0v) is 13.3. The normalized spacial score (nSPS) is 26.6. The topological polar surface area (TPSA) is 34.1 Å². The van der Waals surface area contributed by atoms with Crippen molar-refractivity contribution in [2.75, 3.05) is 13.2 Å². The van der Waals surface area contributed by atoms with Crippen LogP contribution in [-0.2, 0) is 10.3 Å². The highest BCUT2D eigenvalue weighted by Crippen LogP contribution is 2.41. The summed E-state index contributed by atoms with van der Waals surface area (Å²) < 4.78 is 6.24. The molecule has 0 spiro atoms. The molecule has 4 heteroatoms. The Hall–Kier alpha value is -0.450. The van der Waals surface area contributed by atoms with Crippen LogP contribution in [0, 0.1) is 0 Å². The second-order valence-corrected chi connectivity index (χ2v) is 6.93. The van der Waals surface area contributed by atoms with Crippen molar-refractivity contribution >= 4 is 11.3 Å². The number of rotatable bonds is 4. The Morgan fingerprint density at radius 2 is 2.10 bits per heavy atom. The Morgan fingerprint density at radius 3 is 2.75 bits per heavy atom. The predicted octanol–water partition coefficient (Wildman–Crippen LogP) is 4.15. The van der Waals surface area contributed by atoms with Gasteiger partial charge in [-0.3, -0.25) is 0 Å². The number of nitrogens with zero attached hydrogens (tertiary/aromatic N) is 1. The van der Waals surface area contributed by atoms with Crippen molar-refractivity contribution in [2.24, 2.45) is 0 Å². The molecule has 3 rings (SSSR count). The van der Waals surface area contributed by atoms with Gasteiger partial charge in [0.05, 0.1) is 11.7 Å². The van der Waals surface area contributed by atoms with Gasteiger partial charge >= 0.3 is 0 Å². The zero-order valence-electron chi connectivity index (χ0n) is 12.5. The monoisotopic (exact) mass is 294 g/mol. The van der Waals surface area contributed by atoms with E-state index in [1.165, 1.54) is 49.2 Å². The van der Waals surface area contributed by atoms with Crippen LogP contribution in [0.25, 0.3) is 0 Å². The van der Waals surface area contributed by atoms with Crippen LogP contribution in [0.3, 0.4) is 0 Å². The van der Waals surface area contributed by atoms with Gasteiger partial charge in [-0.15, -0.1) is 11.3 Å². The first kappa shape index (κ1) is 14.5. The molecule has 0 aromatic carbocycles. The first-order chi connectivity index (χ1) is 9.84. The Bertz CT molecular complexity index is 418. The molecule has 1 aromatic heterocycles. The maximum absolute atomic E-state index is 6.24. The van der Waals surface area contributed by atoms with Crippen LogP contribution < -0.4 is 5.32 Å². The highest BCUT2D eigenvalue weighted by Gasteiger charge is 2.37. The summed E-state index contributed by atoms with van der Waals surface area (Å²) in [6, 6.07) is 0.476. The fraction of sp³-hybridized carbons (Fsp3) is 0.812. The van der Waals surface area contributed by atoms with Crippen molar-refractivity contribution in [3.05, 3.63) is 16.1 Å². The first-order valence-corrected chi connectivity index (χ1v) is 9.05. The summed E-state index contributed by atoms with van der Waals surface area (Å²) >= 11 is 1.81. The van der Waals surface area contributed by atoms with Crippen LogP contribution in [0.15, 0.2) is 5.38 Å². The summed E-state index contributed by atoms with van der Waals surface area (Å²) in [4.78, 5) is 4.98. The van der Waals surface area contributed by atoms with Gasteiger partial charge in [0.25, 0.3) is 0 Å². The van der Waals surface area contributed by atoms with E-state index >= 15 is 0 Å². The second-order valence-electron chi connectivity index (χ2n) is 6.07. The molecular weight excluding hydrogens is 268 g/mol. The Kier molecular flexibility index (Phi) is 4.74. The lowest BCUT2D eigenvalue weighted by atomic mass is 9.94. The second kappa shape index (κ2) is 6.54. The third-order valence-electron chi connectivity index (χ3n) is 4.66. The number of hydrogen-bond donors (Lipinski definition) is 1. The molecule has 0 bridgehead atoms. The highest BCUT2D eigenvalue weighted by molar-refractivity contribution is 7.09. The van der Waals surface area contributed by atoms with Gasteiger partial charge in [-0.1, -0.05) is 25.7 Å². The quantitative estimate of drug-likeness (QED) is 0.847. The lowest BCUT2D eigenvalue weighted by Crippen LogP contribution is -2.29. The predicted molar refractivity (Wildman–Crippen MR) is 83.1 cm³/mol. The van der Waals surface area contributed by atoms with E-state index in [1.807, 2.05) is 11.3 Å². The average Bonchev–Trinajstić information content (AvgIpc) is 3.09. The summed E-state index contributed by atoms with van der Waals surface area (Å²) in [6.07, 6.45) is 10.0. The molecule has 0 unspecified atom stereocenters. The molecule has 1 aliphatic heterocycles. The summed E-state index contributed by atoms with van der Waals surface area (Å²) in [5.41, 5.74) is 1.15. The minimum Gasteiger partial charge on any atom is -0.368 e. The molecule has 2 fully saturated rings. The van der Waals surface area contributed by atoms with E-state index in [-0.39, 0.29) is 5.60 Å². The third kappa shape index (κ3) is 2.92. The minimum atomic E-state index is -0.0905. The first-order valence-electron chi connectivity index (χ1n) is 8.17. The Labute approximate surface area is 126 Å². The molecule has 1 saturated heterocycles. The fourth-order valence-corrected chi connectivity index (χ4v) is 4.67. The smallest absolute Gasteiger partial charge is 0.125 e. The van der Waals surface area contributed by atoms with E-state index in [0.29, 0.717) is 6.04 Å². The lowest BCUT2D eigenvalue weighted by molar-refractivity contribution is -0.0561. The summed E-state index contributed by atoms with van der Waals surface area (Å²) in [5.74, 6) is 0. The van der Waals surface area contributed by atoms with E-state index in [4.69, 9.17) is 9.72 Å². The van der Waals surface area contributed by atoms with Crippen LogP contribution in [-0.4, -0.2) is 18.1 Å². The SMILES string of the molecule is CCOC1(c2nc([C@@H]3CCCN3)cs2)CCCCCC1. The van der Waals surface area contributed by atoms with E-state index in [9.17, 15) is 0 Å². The third-order valence-corrected chi connectivity index (χ3v) is 5.71. The van der Waals surface area contributed by atoms with Gasteiger partial charge in [0.2, 0.25) is 0 Å². The van der Waals surface area contributed by atoms with E-state index < -0.39 is 0 Å². The molecule has 1 N–H and O–H groups in total. The van der Waals surface area contributed by atoms with Crippen molar-refractivity contribution in [3.63, 3.8) is 0 Å². The number of ether oxygens (including phenoxy) is 1. The van der Waals surface area contributed by atoms with Gasteiger partial charge < -0.3 is 10.1 Å². The number of nitrogens with one attached hydrogen (secondary N) is 1. The van der Waals surface area contributed by atoms with Crippen LogP contribution in [0.5, 0.6) is 0 Å². The zero-order chi connectivity index (χ0) is 13.8. The van der Waals surface area contributed by atoms with E-state index in [2.05, 4.69) is 17.6 Å². The number of hydrogen-bond acceptors (Lipinski definition) is 4. The van der Waals surface area contributed by atoms with E-state index in [0.717, 1.165) is 26.0 Å². The largest absolute Gasteiger partial charge is 0.368 e. The Morgan fingerprint density at radius 1 is 1.30 bits per heavy atom. The standard InChI is InChI=1S/C16H26N2OS/c1-2-19-16(9-5-3-4-6-10-16)15-18-14(12-20-15)13-8-7-11-17-13/h12-13,17H,2-11H2,1H3/t13-/m0/s1. The highest BCUT2D eigenvalue weighted by atomic mass is 32.1. The molecule has 112 valence electrons.